The Morgan fingerprint density at radius 1 is 1.38 bits per heavy atom. The summed E-state index contributed by atoms with van der Waals surface area (Å²) < 4.78 is 4.77. The van der Waals surface area contributed by atoms with Crippen molar-refractivity contribution in [3.05, 3.63) is 29.5 Å². The predicted molar refractivity (Wildman–Crippen MR) is 83.6 cm³/mol. The van der Waals surface area contributed by atoms with E-state index in [9.17, 15) is 4.79 Å². The molecule has 4 nitrogen and oxygen atoms in total. The van der Waals surface area contributed by atoms with Crippen LogP contribution in [0.25, 0.3) is 10.9 Å². The molecule has 0 N–H and O–H groups in total. The van der Waals surface area contributed by atoms with Crippen molar-refractivity contribution in [2.75, 3.05) is 12.9 Å². The molecule has 1 aliphatic carbocycles. The SMILES string of the molecule is COC(=O)CC1(CSc2nc(Cl)nc3ccccc23)CC1. The highest BCUT2D eigenvalue weighted by molar-refractivity contribution is 7.99. The van der Waals surface area contributed by atoms with Crippen LogP contribution < -0.4 is 0 Å². The maximum atomic E-state index is 11.5. The average molecular weight is 323 g/mol. The van der Waals surface area contributed by atoms with Gasteiger partial charge in [0.15, 0.2) is 0 Å². The summed E-state index contributed by atoms with van der Waals surface area (Å²) >= 11 is 7.63. The lowest BCUT2D eigenvalue weighted by atomic mass is 10.1. The van der Waals surface area contributed by atoms with Crippen molar-refractivity contribution < 1.29 is 9.53 Å². The highest BCUT2D eigenvalue weighted by Crippen LogP contribution is 2.52. The maximum Gasteiger partial charge on any atom is 0.306 e. The zero-order valence-electron chi connectivity index (χ0n) is 11.6. The molecule has 0 aliphatic heterocycles. The lowest BCUT2D eigenvalue weighted by molar-refractivity contribution is -0.141. The quantitative estimate of drug-likeness (QED) is 0.363. The number of carbonyl (C=O) groups excluding carboxylic acids is 1. The molecule has 0 atom stereocenters. The molecule has 1 aromatic carbocycles. The Balaban J connectivity index is 1.78. The van der Waals surface area contributed by atoms with Crippen molar-refractivity contribution in [3.63, 3.8) is 0 Å². The smallest absolute Gasteiger partial charge is 0.306 e. The lowest BCUT2D eigenvalue weighted by Crippen LogP contribution is -2.13. The molecule has 3 rings (SSSR count). The van der Waals surface area contributed by atoms with Crippen LogP contribution in [0.3, 0.4) is 0 Å². The van der Waals surface area contributed by atoms with Gasteiger partial charge in [-0.15, -0.1) is 11.8 Å². The van der Waals surface area contributed by atoms with Crippen LogP contribution in [0.4, 0.5) is 0 Å². The van der Waals surface area contributed by atoms with Gasteiger partial charge in [-0.2, -0.15) is 0 Å². The number of esters is 1. The first-order valence-corrected chi connectivity index (χ1v) is 8.10. The van der Waals surface area contributed by atoms with E-state index in [2.05, 4.69) is 9.97 Å². The van der Waals surface area contributed by atoms with Crippen LogP contribution in [0.2, 0.25) is 5.28 Å². The standard InChI is InChI=1S/C15H15ClN2O2S/c1-20-12(19)8-15(6-7-15)9-21-13-10-4-2-3-5-11(10)17-14(16)18-13/h2-5H,6-9H2,1H3. The summed E-state index contributed by atoms with van der Waals surface area (Å²) in [6.45, 7) is 0. The maximum absolute atomic E-state index is 11.5. The van der Waals surface area contributed by atoms with E-state index in [1.165, 1.54) is 7.11 Å². The largest absolute Gasteiger partial charge is 0.469 e. The van der Waals surface area contributed by atoms with Gasteiger partial charge in [0.2, 0.25) is 5.28 Å². The molecule has 21 heavy (non-hydrogen) atoms. The zero-order chi connectivity index (χ0) is 14.9. The van der Waals surface area contributed by atoms with Gasteiger partial charge in [-0.25, -0.2) is 9.97 Å². The first kappa shape index (κ1) is 14.6. The van der Waals surface area contributed by atoms with E-state index in [1.807, 2.05) is 24.3 Å². The predicted octanol–water partition coefficient (Wildman–Crippen LogP) is 3.72. The second-order valence-corrected chi connectivity index (χ2v) is 6.66. The number of hydrogen-bond acceptors (Lipinski definition) is 5. The number of nitrogens with zero attached hydrogens (tertiary/aromatic N) is 2. The van der Waals surface area contributed by atoms with Crippen LogP contribution >= 0.6 is 23.4 Å². The Morgan fingerprint density at radius 2 is 2.14 bits per heavy atom. The second kappa shape index (κ2) is 5.81. The van der Waals surface area contributed by atoms with Crippen LogP contribution in [-0.2, 0) is 9.53 Å². The Morgan fingerprint density at radius 3 is 2.86 bits per heavy atom. The topological polar surface area (TPSA) is 52.1 Å². The van der Waals surface area contributed by atoms with Crippen LogP contribution in [0.5, 0.6) is 0 Å². The summed E-state index contributed by atoms with van der Waals surface area (Å²) in [6, 6.07) is 7.81. The molecule has 0 radical (unpaired) electrons. The van der Waals surface area contributed by atoms with E-state index < -0.39 is 0 Å². The minimum absolute atomic E-state index is 0.0658. The number of carbonyl (C=O) groups is 1. The van der Waals surface area contributed by atoms with Crippen molar-refractivity contribution >= 4 is 40.2 Å². The first-order chi connectivity index (χ1) is 10.1. The van der Waals surface area contributed by atoms with Crippen molar-refractivity contribution in [1.29, 1.82) is 0 Å². The van der Waals surface area contributed by atoms with Gasteiger partial charge >= 0.3 is 5.97 Å². The van der Waals surface area contributed by atoms with Crippen molar-refractivity contribution in [2.24, 2.45) is 5.41 Å². The van der Waals surface area contributed by atoms with Crippen molar-refractivity contribution in [2.45, 2.75) is 24.3 Å². The Labute approximate surface area is 132 Å². The van der Waals surface area contributed by atoms with Crippen molar-refractivity contribution in [3.8, 4) is 0 Å². The Bertz CT molecular complexity index is 688. The molecule has 0 saturated heterocycles. The minimum Gasteiger partial charge on any atom is -0.469 e. The molecule has 1 fully saturated rings. The summed E-state index contributed by atoms with van der Waals surface area (Å²) in [7, 11) is 1.43. The molecule has 1 heterocycles. The number of methoxy groups -OCH3 is 1. The van der Waals surface area contributed by atoms with Crippen LogP contribution in [-0.4, -0.2) is 28.8 Å². The molecule has 0 spiro atoms. The monoisotopic (exact) mass is 322 g/mol. The highest BCUT2D eigenvalue weighted by Gasteiger charge is 2.44. The number of thioether (sulfide) groups is 1. The number of para-hydroxylation sites is 1. The van der Waals surface area contributed by atoms with Gasteiger partial charge in [-0.05, 0) is 35.9 Å². The summed E-state index contributed by atoms with van der Waals surface area (Å²) in [4.78, 5) is 20.0. The molecule has 6 heteroatoms. The van der Waals surface area contributed by atoms with Gasteiger partial charge in [-0.3, -0.25) is 4.79 Å². The molecule has 1 aromatic heterocycles. The normalized spacial score (nSPS) is 15.9. The van der Waals surface area contributed by atoms with E-state index in [4.69, 9.17) is 16.3 Å². The number of ether oxygens (including phenoxy) is 1. The summed E-state index contributed by atoms with van der Waals surface area (Å²) in [5.74, 6) is 0.707. The fourth-order valence-electron chi connectivity index (χ4n) is 2.28. The number of hydrogen-bond donors (Lipinski definition) is 0. The molecule has 0 amide bonds. The van der Waals surface area contributed by atoms with E-state index in [0.717, 1.165) is 34.5 Å². The minimum atomic E-state index is -0.140. The number of rotatable bonds is 5. The van der Waals surface area contributed by atoms with Gasteiger partial charge in [0, 0.05) is 11.1 Å². The van der Waals surface area contributed by atoms with Gasteiger partial charge in [0.05, 0.1) is 19.0 Å². The molecule has 1 saturated carbocycles. The second-order valence-electron chi connectivity index (χ2n) is 5.36. The van der Waals surface area contributed by atoms with Gasteiger partial charge in [0.1, 0.15) is 5.03 Å². The third-order valence-electron chi connectivity index (χ3n) is 3.76. The molecule has 2 aromatic rings. The Kier molecular flexibility index (Phi) is 4.04. The first-order valence-electron chi connectivity index (χ1n) is 6.74. The van der Waals surface area contributed by atoms with E-state index in [1.54, 1.807) is 11.8 Å². The van der Waals surface area contributed by atoms with Crippen molar-refractivity contribution in [1.82, 2.24) is 9.97 Å². The summed E-state index contributed by atoms with van der Waals surface area (Å²) in [6.07, 6.45) is 2.60. The third-order valence-corrected chi connectivity index (χ3v) is 5.27. The van der Waals surface area contributed by atoms with Crippen LogP contribution in [0.1, 0.15) is 19.3 Å². The number of fused-ring (bicyclic) bond motifs is 1. The highest BCUT2D eigenvalue weighted by atomic mass is 35.5. The average Bonchev–Trinajstić information content (AvgIpc) is 3.24. The fraction of sp³-hybridized carbons (Fsp3) is 0.400. The number of benzene rings is 1. The molecule has 110 valence electrons. The summed E-state index contributed by atoms with van der Waals surface area (Å²) in [5, 5.41) is 2.14. The van der Waals surface area contributed by atoms with E-state index in [0.29, 0.717) is 6.42 Å². The fourth-order valence-corrected chi connectivity index (χ4v) is 3.82. The number of halogens is 1. The molecular weight excluding hydrogens is 308 g/mol. The Hall–Kier alpha value is -1.33. The lowest BCUT2D eigenvalue weighted by Gasteiger charge is -2.13. The van der Waals surface area contributed by atoms with Gasteiger partial charge in [-0.1, -0.05) is 18.2 Å². The van der Waals surface area contributed by atoms with Gasteiger partial charge in [0.25, 0.3) is 0 Å². The molecule has 0 bridgehead atoms. The summed E-state index contributed by atoms with van der Waals surface area (Å²) in [5.41, 5.74) is 0.911. The third kappa shape index (κ3) is 3.30. The van der Waals surface area contributed by atoms with E-state index in [-0.39, 0.29) is 16.7 Å². The van der Waals surface area contributed by atoms with Gasteiger partial charge < -0.3 is 4.74 Å². The van der Waals surface area contributed by atoms with Crippen LogP contribution in [0.15, 0.2) is 29.3 Å². The molecule has 1 aliphatic rings. The zero-order valence-corrected chi connectivity index (χ0v) is 13.2. The van der Waals surface area contributed by atoms with E-state index >= 15 is 0 Å². The molecule has 0 unspecified atom stereocenters. The van der Waals surface area contributed by atoms with Crippen LogP contribution in [0, 0.1) is 5.41 Å². The molecular formula is C15H15ClN2O2S. The number of aromatic nitrogens is 2.